The second-order valence-electron chi connectivity index (χ2n) is 3.98. The van der Waals surface area contributed by atoms with Crippen LogP contribution in [0.3, 0.4) is 0 Å². The van der Waals surface area contributed by atoms with Gasteiger partial charge in [0.05, 0.1) is 4.92 Å². The fourth-order valence-corrected chi connectivity index (χ4v) is 1.92. The van der Waals surface area contributed by atoms with Gasteiger partial charge in [-0.25, -0.2) is 4.39 Å². The number of nitrogens with zero attached hydrogens (tertiary/aromatic N) is 1. The van der Waals surface area contributed by atoms with Crippen LogP contribution in [0.15, 0.2) is 36.4 Å². The highest BCUT2D eigenvalue weighted by atomic mass is 35.5. The summed E-state index contributed by atoms with van der Waals surface area (Å²) in [6.07, 6.45) is 0. The highest BCUT2D eigenvalue weighted by molar-refractivity contribution is 6.33. The molecule has 0 aromatic heterocycles. The molecule has 0 spiro atoms. The van der Waals surface area contributed by atoms with Crippen molar-refractivity contribution in [2.24, 2.45) is 0 Å². The molecule has 0 radical (unpaired) electrons. The topological polar surface area (TPSA) is 55.2 Å². The Bertz CT molecular complexity index is 647. The lowest BCUT2D eigenvalue weighted by Crippen LogP contribution is -1.98. The van der Waals surface area contributed by atoms with Gasteiger partial charge in [0.25, 0.3) is 0 Å². The van der Waals surface area contributed by atoms with E-state index in [4.69, 9.17) is 11.6 Å². The van der Waals surface area contributed by atoms with Gasteiger partial charge in [0.1, 0.15) is 16.5 Å². The van der Waals surface area contributed by atoms with Gasteiger partial charge in [-0.05, 0) is 42.8 Å². The third-order valence-electron chi connectivity index (χ3n) is 2.61. The van der Waals surface area contributed by atoms with Gasteiger partial charge in [0.2, 0.25) is 0 Å². The molecule has 1 N–H and O–H groups in total. The molecule has 0 saturated carbocycles. The monoisotopic (exact) mass is 280 g/mol. The maximum Gasteiger partial charge on any atom is 0.311 e. The molecule has 0 heterocycles. The van der Waals surface area contributed by atoms with Crippen LogP contribution in [0, 0.1) is 22.9 Å². The molecular formula is C13H10ClFN2O2. The van der Waals surface area contributed by atoms with Gasteiger partial charge in [0.15, 0.2) is 0 Å². The second kappa shape index (κ2) is 5.24. The van der Waals surface area contributed by atoms with Crippen molar-refractivity contribution < 1.29 is 9.31 Å². The van der Waals surface area contributed by atoms with Crippen molar-refractivity contribution in [1.29, 1.82) is 0 Å². The minimum absolute atomic E-state index is 0.0498. The van der Waals surface area contributed by atoms with Crippen molar-refractivity contribution in [3.63, 3.8) is 0 Å². The standard InChI is InChI=1S/C13H10ClFN2O2/c1-8-7-9(5-6-11(8)15)16-12-4-2-3-10(14)13(12)17(18)19/h2-7,16H,1H3. The first-order chi connectivity index (χ1) is 8.99. The maximum atomic E-state index is 13.2. The van der Waals surface area contributed by atoms with E-state index in [0.29, 0.717) is 11.3 Å². The van der Waals surface area contributed by atoms with E-state index in [-0.39, 0.29) is 22.2 Å². The summed E-state index contributed by atoms with van der Waals surface area (Å²) < 4.78 is 13.2. The highest BCUT2D eigenvalue weighted by Crippen LogP contribution is 2.34. The Morgan fingerprint density at radius 1 is 1.32 bits per heavy atom. The molecule has 2 aromatic rings. The van der Waals surface area contributed by atoms with Crippen LogP contribution in [0.25, 0.3) is 0 Å². The number of anilines is 2. The summed E-state index contributed by atoms with van der Waals surface area (Å²) in [6.45, 7) is 1.62. The Labute approximate surface area is 114 Å². The van der Waals surface area contributed by atoms with Gasteiger partial charge in [-0.1, -0.05) is 17.7 Å². The molecule has 2 rings (SSSR count). The van der Waals surface area contributed by atoms with Crippen LogP contribution in [0.5, 0.6) is 0 Å². The normalized spacial score (nSPS) is 10.3. The molecule has 6 heteroatoms. The van der Waals surface area contributed by atoms with Crippen LogP contribution in [0.2, 0.25) is 5.02 Å². The zero-order valence-electron chi connectivity index (χ0n) is 9.98. The molecule has 0 amide bonds. The van der Waals surface area contributed by atoms with Crippen LogP contribution in [0.4, 0.5) is 21.5 Å². The van der Waals surface area contributed by atoms with E-state index in [1.807, 2.05) is 0 Å². The summed E-state index contributed by atoms with van der Waals surface area (Å²) in [6, 6.07) is 8.97. The average Bonchev–Trinajstić information content (AvgIpc) is 2.33. The Morgan fingerprint density at radius 2 is 2.05 bits per heavy atom. The number of hydrogen-bond acceptors (Lipinski definition) is 3. The second-order valence-corrected chi connectivity index (χ2v) is 4.39. The summed E-state index contributed by atoms with van der Waals surface area (Å²) in [5, 5.41) is 13.9. The number of rotatable bonds is 3. The van der Waals surface area contributed by atoms with Crippen LogP contribution >= 0.6 is 11.6 Å². The summed E-state index contributed by atoms with van der Waals surface area (Å²) in [5.41, 5.74) is 1.08. The first kappa shape index (κ1) is 13.3. The van der Waals surface area contributed by atoms with E-state index in [0.717, 1.165) is 0 Å². The van der Waals surface area contributed by atoms with Crippen LogP contribution < -0.4 is 5.32 Å². The van der Waals surface area contributed by atoms with Crippen molar-refractivity contribution in [3.8, 4) is 0 Å². The zero-order valence-corrected chi connectivity index (χ0v) is 10.7. The zero-order chi connectivity index (χ0) is 14.0. The number of nitrogens with one attached hydrogen (secondary N) is 1. The minimum Gasteiger partial charge on any atom is -0.350 e. The first-order valence-electron chi connectivity index (χ1n) is 5.45. The summed E-state index contributed by atoms with van der Waals surface area (Å²) >= 11 is 5.81. The molecule has 0 unspecified atom stereocenters. The van der Waals surface area contributed by atoms with Crippen molar-refractivity contribution in [1.82, 2.24) is 0 Å². The van der Waals surface area contributed by atoms with Crippen LogP contribution in [-0.4, -0.2) is 4.92 Å². The molecule has 98 valence electrons. The first-order valence-corrected chi connectivity index (χ1v) is 5.83. The number of para-hydroxylation sites is 1. The van der Waals surface area contributed by atoms with E-state index in [1.165, 1.54) is 18.2 Å². The van der Waals surface area contributed by atoms with Gasteiger partial charge >= 0.3 is 5.69 Å². The fraction of sp³-hybridized carbons (Fsp3) is 0.0769. The van der Waals surface area contributed by atoms with Gasteiger partial charge in [0, 0.05) is 5.69 Å². The van der Waals surface area contributed by atoms with Crippen molar-refractivity contribution >= 4 is 28.7 Å². The summed E-state index contributed by atoms with van der Waals surface area (Å²) in [7, 11) is 0. The molecular weight excluding hydrogens is 271 g/mol. The molecule has 0 bridgehead atoms. The van der Waals surface area contributed by atoms with E-state index < -0.39 is 4.92 Å². The molecule has 2 aromatic carbocycles. The summed E-state index contributed by atoms with van der Waals surface area (Å²) in [4.78, 5) is 10.4. The number of nitro groups is 1. The molecule has 19 heavy (non-hydrogen) atoms. The lowest BCUT2D eigenvalue weighted by molar-refractivity contribution is -0.383. The minimum atomic E-state index is -0.555. The number of halogens is 2. The van der Waals surface area contributed by atoms with Crippen LogP contribution in [0.1, 0.15) is 5.56 Å². The fourth-order valence-electron chi connectivity index (χ4n) is 1.68. The molecule has 0 atom stereocenters. The predicted octanol–water partition coefficient (Wildman–Crippen LogP) is 4.44. The average molecular weight is 281 g/mol. The SMILES string of the molecule is Cc1cc(Nc2cccc(Cl)c2[N+](=O)[O-])ccc1F. The smallest absolute Gasteiger partial charge is 0.311 e. The van der Waals surface area contributed by atoms with Gasteiger partial charge < -0.3 is 5.32 Å². The molecule has 0 aliphatic carbocycles. The van der Waals surface area contributed by atoms with Gasteiger partial charge in [-0.2, -0.15) is 0 Å². The number of hydrogen-bond donors (Lipinski definition) is 1. The summed E-state index contributed by atoms with van der Waals surface area (Å²) in [5.74, 6) is -0.328. The van der Waals surface area contributed by atoms with E-state index in [9.17, 15) is 14.5 Å². The Balaban J connectivity index is 2.40. The third kappa shape index (κ3) is 2.82. The van der Waals surface area contributed by atoms with Gasteiger partial charge in [-0.15, -0.1) is 0 Å². The van der Waals surface area contributed by atoms with E-state index >= 15 is 0 Å². The molecule has 0 aliphatic rings. The third-order valence-corrected chi connectivity index (χ3v) is 2.91. The quantitative estimate of drug-likeness (QED) is 0.668. The Hall–Kier alpha value is -2.14. The predicted molar refractivity (Wildman–Crippen MR) is 72.5 cm³/mol. The lowest BCUT2D eigenvalue weighted by Gasteiger charge is -2.09. The lowest BCUT2D eigenvalue weighted by atomic mass is 10.2. The van der Waals surface area contributed by atoms with E-state index in [2.05, 4.69) is 5.32 Å². The van der Waals surface area contributed by atoms with E-state index in [1.54, 1.807) is 25.1 Å². The Morgan fingerprint density at radius 3 is 2.68 bits per heavy atom. The number of nitro benzene ring substituents is 1. The van der Waals surface area contributed by atoms with Crippen molar-refractivity contribution in [2.75, 3.05) is 5.32 Å². The van der Waals surface area contributed by atoms with Crippen molar-refractivity contribution in [2.45, 2.75) is 6.92 Å². The largest absolute Gasteiger partial charge is 0.350 e. The Kier molecular flexibility index (Phi) is 3.66. The number of aryl methyl sites for hydroxylation is 1. The molecule has 0 fully saturated rings. The molecule has 0 saturated heterocycles. The number of benzene rings is 2. The highest BCUT2D eigenvalue weighted by Gasteiger charge is 2.18. The molecule has 4 nitrogen and oxygen atoms in total. The maximum absolute atomic E-state index is 13.2. The van der Waals surface area contributed by atoms with Gasteiger partial charge in [-0.3, -0.25) is 10.1 Å². The van der Waals surface area contributed by atoms with Crippen LogP contribution in [-0.2, 0) is 0 Å². The van der Waals surface area contributed by atoms with Crippen molar-refractivity contribution in [3.05, 3.63) is 62.9 Å². The molecule has 0 aliphatic heterocycles.